The standard InChI is InChI=1S/C14H16BrNO4/c1-3-19-12-7-9(8-17)6-10(15)13(12)20-11-4-5-16(2)14(11)18/h6-8,11H,3-5H2,1-2H3. The maximum atomic E-state index is 11.9. The number of carbonyl (C=O) groups excluding carboxylic acids is 2. The van der Waals surface area contributed by atoms with Crippen LogP contribution < -0.4 is 9.47 Å². The van der Waals surface area contributed by atoms with Crippen molar-refractivity contribution < 1.29 is 19.1 Å². The van der Waals surface area contributed by atoms with E-state index in [0.717, 1.165) is 6.29 Å². The monoisotopic (exact) mass is 341 g/mol. The van der Waals surface area contributed by atoms with Crippen LogP contribution in [0.5, 0.6) is 11.5 Å². The molecule has 1 fully saturated rings. The molecule has 1 aromatic rings. The molecule has 1 aromatic carbocycles. The molecule has 1 aliphatic heterocycles. The van der Waals surface area contributed by atoms with Gasteiger partial charge in [0, 0.05) is 25.6 Å². The fraction of sp³-hybridized carbons (Fsp3) is 0.429. The van der Waals surface area contributed by atoms with Crippen LogP contribution in [0, 0.1) is 0 Å². The molecule has 1 atom stereocenters. The van der Waals surface area contributed by atoms with E-state index in [1.54, 1.807) is 24.1 Å². The Labute approximate surface area is 126 Å². The minimum Gasteiger partial charge on any atom is -0.490 e. The molecular formula is C14H16BrNO4. The van der Waals surface area contributed by atoms with E-state index in [9.17, 15) is 9.59 Å². The number of likely N-dealkylation sites (N-methyl/N-ethyl adjacent to an activating group) is 1. The Balaban J connectivity index is 2.30. The Bertz CT molecular complexity index is 532. The van der Waals surface area contributed by atoms with E-state index < -0.39 is 6.10 Å². The minimum atomic E-state index is -0.502. The van der Waals surface area contributed by atoms with Crippen LogP contribution in [0.15, 0.2) is 16.6 Å². The van der Waals surface area contributed by atoms with Crippen LogP contribution in [0.25, 0.3) is 0 Å². The van der Waals surface area contributed by atoms with Gasteiger partial charge in [0.2, 0.25) is 0 Å². The molecule has 20 heavy (non-hydrogen) atoms. The summed E-state index contributed by atoms with van der Waals surface area (Å²) in [6, 6.07) is 3.26. The second-order valence-corrected chi connectivity index (χ2v) is 5.39. The van der Waals surface area contributed by atoms with Gasteiger partial charge in [-0.2, -0.15) is 0 Å². The minimum absolute atomic E-state index is 0.0428. The molecule has 5 nitrogen and oxygen atoms in total. The first-order valence-electron chi connectivity index (χ1n) is 6.40. The molecule has 1 unspecified atom stereocenters. The number of halogens is 1. The molecule has 1 aliphatic rings. The number of amides is 1. The van der Waals surface area contributed by atoms with Crippen LogP contribution in [0.4, 0.5) is 0 Å². The lowest BCUT2D eigenvalue weighted by molar-refractivity contribution is -0.132. The van der Waals surface area contributed by atoms with E-state index in [-0.39, 0.29) is 5.91 Å². The third kappa shape index (κ3) is 2.95. The smallest absolute Gasteiger partial charge is 0.263 e. The van der Waals surface area contributed by atoms with E-state index in [1.807, 2.05) is 6.92 Å². The van der Waals surface area contributed by atoms with Gasteiger partial charge in [0.25, 0.3) is 5.91 Å². The molecule has 1 saturated heterocycles. The quantitative estimate of drug-likeness (QED) is 0.771. The summed E-state index contributed by atoms with van der Waals surface area (Å²) >= 11 is 3.36. The van der Waals surface area contributed by atoms with Crippen LogP contribution in [0.1, 0.15) is 23.7 Å². The van der Waals surface area contributed by atoms with Gasteiger partial charge in [-0.15, -0.1) is 0 Å². The van der Waals surface area contributed by atoms with Gasteiger partial charge in [-0.1, -0.05) is 0 Å². The van der Waals surface area contributed by atoms with Gasteiger partial charge in [-0.3, -0.25) is 9.59 Å². The van der Waals surface area contributed by atoms with Crippen molar-refractivity contribution in [3.63, 3.8) is 0 Å². The number of benzene rings is 1. The molecular weight excluding hydrogens is 326 g/mol. The zero-order chi connectivity index (χ0) is 14.7. The van der Waals surface area contributed by atoms with Crippen LogP contribution in [0.2, 0.25) is 0 Å². The van der Waals surface area contributed by atoms with Crippen molar-refractivity contribution in [1.29, 1.82) is 0 Å². The Morgan fingerprint density at radius 3 is 2.80 bits per heavy atom. The predicted octanol–water partition coefficient (Wildman–Crippen LogP) is 2.27. The summed E-state index contributed by atoms with van der Waals surface area (Å²) in [7, 11) is 1.75. The zero-order valence-electron chi connectivity index (χ0n) is 11.4. The fourth-order valence-corrected chi connectivity index (χ4v) is 2.63. The van der Waals surface area contributed by atoms with Crippen LogP contribution in [-0.4, -0.2) is 43.4 Å². The van der Waals surface area contributed by atoms with Crippen LogP contribution in [0.3, 0.4) is 0 Å². The van der Waals surface area contributed by atoms with Gasteiger partial charge >= 0.3 is 0 Å². The molecule has 0 saturated carbocycles. The number of nitrogens with zero attached hydrogens (tertiary/aromatic N) is 1. The van der Waals surface area contributed by atoms with Gasteiger partial charge in [0.1, 0.15) is 6.29 Å². The third-order valence-corrected chi connectivity index (χ3v) is 3.70. The Kier molecular flexibility index (Phi) is 4.65. The molecule has 0 N–H and O–H groups in total. The lowest BCUT2D eigenvalue weighted by Gasteiger charge is -2.17. The molecule has 0 aliphatic carbocycles. The molecule has 2 rings (SSSR count). The average molecular weight is 342 g/mol. The molecule has 0 radical (unpaired) electrons. The molecule has 6 heteroatoms. The molecule has 1 heterocycles. The summed E-state index contributed by atoms with van der Waals surface area (Å²) in [5.41, 5.74) is 0.488. The normalized spacial score (nSPS) is 18.2. The van der Waals surface area contributed by atoms with Crippen molar-refractivity contribution in [2.24, 2.45) is 0 Å². The number of rotatable bonds is 5. The zero-order valence-corrected chi connectivity index (χ0v) is 13.0. The second-order valence-electron chi connectivity index (χ2n) is 4.54. The van der Waals surface area contributed by atoms with Crippen molar-refractivity contribution in [2.45, 2.75) is 19.4 Å². The highest BCUT2D eigenvalue weighted by Crippen LogP contribution is 2.38. The summed E-state index contributed by atoms with van der Waals surface area (Å²) in [5.74, 6) is 0.885. The first kappa shape index (κ1) is 14.8. The van der Waals surface area contributed by atoms with Crippen LogP contribution in [-0.2, 0) is 4.79 Å². The van der Waals surface area contributed by atoms with Crippen molar-refractivity contribution >= 4 is 28.1 Å². The van der Waals surface area contributed by atoms with Gasteiger partial charge in [-0.05, 0) is 35.0 Å². The topological polar surface area (TPSA) is 55.8 Å². The largest absolute Gasteiger partial charge is 0.490 e. The van der Waals surface area contributed by atoms with E-state index in [4.69, 9.17) is 9.47 Å². The molecule has 0 bridgehead atoms. The summed E-state index contributed by atoms with van der Waals surface area (Å²) in [4.78, 5) is 24.4. The molecule has 0 aromatic heterocycles. The number of hydrogen-bond donors (Lipinski definition) is 0. The van der Waals surface area contributed by atoms with E-state index >= 15 is 0 Å². The average Bonchev–Trinajstić information content (AvgIpc) is 2.74. The first-order chi connectivity index (χ1) is 9.56. The van der Waals surface area contributed by atoms with Crippen molar-refractivity contribution in [3.8, 4) is 11.5 Å². The lowest BCUT2D eigenvalue weighted by Crippen LogP contribution is -2.29. The number of ether oxygens (including phenoxy) is 2. The van der Waals surface area contributed by atoms with E-state index in [2.05, 4.69) is 15.9 Å². The Morgan fingerprint density at radius 1 is 1.50 bits per heavy atom. The SMILES string of the molecule is CCOc1cc(C=O)cc(Br)c1OC1CCN(C)C1=O. The first-order valence-corrected chi connectivity index (χ1v) is 7.19. The molecule has 108 valence electrons. The van der Waals surface area contributed by atoms with E-state index in [1.165, 1.54) is 0 Å². The van der Waals surface area contributed by atoms with Crippen molar-refractivity contribution in [1.82, 2.24) is 4.90 Å². The Morgan fingerprint density at radius 2 is 2.25 bits per heavy atom. The molecule has 0 spiro atoms. The van der Waals surface area contributed by atoms with Crippen molar-refractivity contribution in [3.05, 3.63) is 22.2 Å². The third-order valence-electron chi connectivity index (χ3n) is 3.11. The molecule has 1 amide bonds. The second kappa shape index (κ2) is 6.26. The number of carbonyl (C=O) groups is 2. The highest BCUT2D eigenvalue weighted by atomic mass is 79.9. The summed E-state index contributed by atoms with van der Waals surface area (Å²) in [5, 5.41) is 0. The fourth-order valence-electron chi connectivity index (χ4n) is 2.08. The van der Waals surface area contributed by atoms with Gasteiger partial charge in [0.05, 0.1) is 11.1 Å². The highest BCUT2D eigenvalue weighted by molar-refractivity contribution is 9.10. The Hall–Kier alpha value is -1.56. The number of aldehydes is 1. The van der Waals surface area contributed by atoms with Crippen molar-refractivity contribution in [2.75, 3.05) is 20.2 Å². The van der Waals surface area contributed by atoms with Crippen LogP contribution >= 0.6 is 15.9 Å². The predicted molar refractivity (Wildman–Crippen MR) is 77.4 cm³/mol. The highest BCUT2D eigenvalue weighted by Gasteiger charge is 2.32. The van der Waals surface area contributed by atoms with E-state index in [0.29, 0.717) is 41.1 Å². The number of hydrogen-bond acceptors (Lipinski definition) is 4. The maximum absolute atomic E-state index is 11.9. The maximum Gasteiger partial charge on any atom is 0.263 e. The van der Waals surface area contributed by atoms with Gasteiger partial charge < -0.3 is 14.4 Å². The lowest BCUT2D eigenvalue weighted by atomic mass is 10.2. The summed E-state index contributed by atoms with van der Waals surface area (Å²) < 4.78 is 11.9. The summed E-state index contributed by atoms with van der Waals surface area (Å²) in [6.45, 7) is 2.97. The van der Waals surface area contributed by atoms with Gasteiger partial charge in [-0.25, -0.2) is 0 Å². The summed E-state index contributed by atoms with van der Waals surface area (Å²) in [6.07, 6.45) is 0.881. The number of likely N-dealkylation sites (tertiary alicyclic amines) is 1. The van der Waals surface area contributed by atoms with Gasteiger partial charge in [0.15, 0.2) is 17.6 Å².